The number of nitrogens with zero attached hydrogens (tertiary/aromatic N) is 5. The lowest BCUT2D eigenvalue weighted by molar-refractivity contribution is 0.392. The molecule has 0 saturated heterocycles. The van der Waals surface area contributed by atoms with E-state index < -0.39 is 0 Å². The normalized spacial score (nSPS) is 19.0. The largest absolute Gasteiger partial charge is 0.364 e. The molecule has 0 fully saturated rings. The summed E-state index contributed by atoms with van der Waals surface area (Å²) >= 11 is 0. The predicted octanol–water partition coefficient (Wildman–Crippen LogP) is 2.03. The van der Waals surface area contributed by atoms with Crippen molar-refractivity contribution in [3.8, 4) is 0 Å². The van der Waals surface area contributed by atoms with Gasteiger partial charge in [0.15, 0.2) is 5.96 Å². The van der Waals surface area contributed by atoms with Crippen molar-refractivity contribution in [2.75, 3.05) is 24.5 Å². The number of nitrogens with one attached hydrogen (secondary N) is 2. The molecule has 3 heterocycles. The van der Waals surface area contributed by atoms with Gasteiger partial charge in [-0.15, -0.1) is 0 Å². The van der Waals surface area contributed by atoms with Crippen LogP contribution in [0.5, 0.6) is 0 Å². The molecule has 0 aliphatic carbocycles. The molecular formula is C21H29N7. The highest BCUT2D eigenvalue weighted by Gasteiger charge is 2.21. The van der Waals surface area contributed by atoms with E-state index in [0.717, 1.165) is 56.6 Å². The molecule has 0 amide bonds. The van der Waals surface area contributed by atoms with Crippen molar-refractivity contribution < 1.29 is 0 Å². The zero-order valence-electron chi connectivity index (χ0n) is 16.7. The van der Waals surface area contributed by atoms with Crippen molar-refractivity contribution in [3.05, 3.63) is 53.6 Å². The maximum absolute atomic E-state index is 4.79. The molecule has 28 heavy (non-hydrogen) atoms. The second-order valence-corrected chi connectivity index (χ2v) is 7.38. The first kappa shape index (κ1) is 18.5. The molecule has 2 N–H and O–H groups in total. The van der Waals surface area contributed by atoms with Gasteiger partial charge in [-0.05, 0) is 38.0 Å². The minimum Gasteiger partial charge on any atom is -0.364 e. The summed E-state index contributed by atoms with van der Waals surface area (Å²) in [6.07, 6.45) is 6.41. The van der Waals surface area contributed by atoms with Crippen LogP contribution < -0.4 is 15.5 Å². The van der Waals surface area contributed by atoms with Crippen LogP contribution in [0.4, 0.5) is 5.69 Å². The number of guanidine groups is 1. The topological polar surface area (TPSA) is 70.4 Å². The molecule has 1 atom stereocenters. The molecule has 2 aromatic rings. The van der Waals surface area contributed by atoms with Gasteiger partial charge in [0.25, 0.3) is 0 Å². The molecule has 2 aliphatic heterocycles. The summed E-state index contributed by atoms with van der Waals surface area (Å²) in [6.45, 7) is 8.38. The maximum atomic E-state index is 4.79. The van der Waals surface area contributed by atoms with Crippen LogP contribution >= 0.6 is 0 Å². The van der Waals surface area contributed by atoms with E-state index in [0.29, 0.717) is 12.6 Å². The molecule has 0 radical (unpaired) electrons. The second-order valence-electron chi connectivity index (χ2n) is 7.38. The monoisotopic (exact) mass is 379 g/mol. The Morgan fingerprint density at radius 1 is 1.21 bits per heavy atom. The van der Waals surface area contributed by atoms with Gasteiger partial charge >= 0.3 is 0 Å². The van der Waals surface area contributed by atoms with Gasteiger partial charge in [-0.2, -0.15) is 5.10 Å². The number of rotatable bonds is 5. The van der Waals surface area contributed by atoms with Gasteiger partial charge in [0, 0.05) is 37.8 Å². The fourth-order valence-corrected chi connectivity index (χ4v) is 3.74. The lowest BCUT2D eigenvalue weighted by Crippen LogP contribution is -2.47. The predicted molar refractivity (Wildman–Crippen MR) is 113 cm³/mol. The van der Waals surface area contributed by atoms with Crippen LogP contribution in [0, 0.1) is 6.92 Å². The standard InChI is InChI=1S/C21H29N7/c1-3-22-21(25-18-8-11-20-24-16(2)26-28(20)15-18)23-14-17-6-9-19(10-7-17)27-12-4-5-13-27/h4-7,9-10,18H,3,8,11-15H2,1-2H3,(H2,22,23,25). The average molecular weight is 380 g/mol. The SMILES string of the molecule is CCNC(=NCc1ccc(N2CC=CC2)cc1)NC1CCc2nc(C)nn2C1. The molecule has 7 heteroatoms. The summed E-state index contributed by atoms with van der Waals surface area (Å²) in [5, 5.41) is 11.4. The number of aromatic nitrogens is 3. The minimum atomic E-state index is 0.316. The van der Waals surface area contributed by atoms with Crippen LogP contribution in [0.1, 0.15) is 30.6 Å². The van der Waals surface area contributed by atoms with Gasteiger partial charge in [-0.3, -0.25) is 0 Å². The van der Waals surface area contributed by atoms with E-state index in [1.807, 2.05) is 11.6 Å². The zero-order chi connectivity index (χ0) is 19.3. The Morgan fingerprint density at radius 3 is 2.75 bits per heavy atom. The molecule has 1 aromatic carbocycles. The zero-order valence-corrected chi connectivity index (χ0v) is 16.7. The maximum Gasteiger partial charge on any atom is 0.191 e. The third-order valence-corrected chi connectivity index (χ3v) is 5.19. The van der Waals surface area contributed by atoms with Crippen LogP contribution in [0.2, 0.25) is 0 Å². The first-order chi connectivity index (χ1) is 13.7. The van der Waals surface area contributed by atoms with Crippen molar-refractivity contribution in [2.45, 2.75) is 45.8 Å². The number of fused-ring (bicyclic) bond motifs is 1. The average Bonchev–Trinajstić information content (AvgIpc) is 3.35. The van der Waals surface area contributed by atoms with Gasteiger partial charge in [0.05, 0.1) is 13.1 Å². The van der Waals surface area contributed by atoms with E-state index >= 15 is 0 Å². The van der Waals surface area contributed by atoms with Crippen LogP contribution in [0.3, 0.4) is 0 Å². The van der Waals surface area contributed by atoms with Gasteiger partial charge < -0.3 is 15.5 Å². The van der Waals surface area contributed by atoms with E-state index in [-0.39, 0.29) is 0 Å². The third-order valence-electron chi connectivity index (χ3n) is 5.19. The highest BCUT2D eigenvalue weighted by molar-refractivity contribution is 5.80. The summed E-state index contributed by atoms with van der Waals surface area (Å²) < 4.78 is 2.02. The smallest absolute Gasteiger partial charge is 0.191 e. The van der Waals surface area contributed by atoms with Gasteiger partial charge in [0.1, 0.15) is 11.6 Å². The van der Waals surface area contributed by atoms with Crippen LogP contribution in [-0.4, -0.2) is 46.4 Å². The molecule has 0 saturated carbocycles. The Balaban J connectivity index is 1.36. The van der Waals surface area contributed by atoms with E-state index in [4.69, 9.17) is 4.99 Å². The number of hydrogen-bond acceptors (Lipinski definition) is 4. The van der Waals surface area contributed by atoms with Crippen LogP contribution in [0.15, 0.2) is 41.4 Å². The number of hydrogen-bond donors (Lipinski definition) is 2. The minimum absolute atomic E-state index is 0.316. The first-order valence-corrected chi connectivity index (χ1v) is 10.2. The molecular weight excluding hydrogens is 350 g/mol. The highest BCUT2D eigenvalue weighted by atomic mass is 15.4. The van der Waals surface area contributed by atoms with E-state index in [1.54, 1.807) is 0 Å². The van der Waals surface area contributed by atoms with Crippen molar-refractivity contribution in [2.24, 2.45) is 4.99 Å². The van der Waals surface area contributed by atoms with Crippen LogP contribution in [0.25, 0.3) is 0 Å². The van der Waals surface area contributed by atoms with Crippen molar-refractivity contribution in [1.82, 2.24) is 25.4 Å². The Morgan fingerprint density at radius 2 is 2.00 bits per heavy atom. The molecule has 148 valence electrons. The van der Waals surface area contributed by atoms with Crippen molar-refractivity contribution in [3.63, 3.8) is 0 Å². The van der Waals surface area contributed by atoms with Crippen LogP contribution in [-0.2, 0) is 19.5 Å². The lowest BCUT2D eigenvalue weighted by atomic mass is 10.1. The van der Waals surface area contributed by atoms with E-state index in [1.165, 1.54) is 11.3 Å². The lowest BCUT2D eigenvalue weighted by Gasteiger charge is -2.25. The molecule has 1 aromatic heterocycles. The van der Waals surface area contributed by atoms with E-state index in [2.05, 4.69) is 69.0 Å². The van der Waals surface area contributed by atoms with E-state index in [9.17, 15) is 0 Å². The Bertz CT molecular complexity index is 842. The Labute approximate surface area is 166 Å². The second kappa shape index (κ2) is 8.46. The summed E-state index contributed by atoms with van der Waals surface area (Å²) in [5.41, 5.74) is 2.48. The fraction of sp³-hybridized carbons (Fsp3) is 0.476. The summed E-state index contributed by atoms with van der Waals surface area (Å²) in [5.74, 6) is 2.80. The van der Waals surface area contributed by atoms with Gasteiger partial charge in [0.2, 0.25) is 0 Å². The Kier molecular flexibility index (Phi) is 5.60. The third kappa shape index (κ3) is 4.35. The summed E-state index contributed by atoms with van der Waals surface area (Å²) in [7, 11) is 0. The molecule has 0 bridgehead atoms. The number of benzene rings is 1. The fourth-order valence-electron chi connectivity index (χ4n) is 3.74. The number of aryl methyl sites for hydroxylation is 2. The van der Waals surface area contributed by atoms with Crippen molar-refractivity contribution >= 4 is 11.6 Å². The molecule has 0 spiro atoms. The molecule has 7 nitrogen and oxygen atoms in total. The molecule has 4 rings (SSSR count). The summed E-state index contributed by atoms with van der Waals surface area (Å²) in [6, 6.07) is 9.04. The Hall–Kier alpha value is -2.83. The number of aliphatic imine (C=N–C) groups is 1. The number of anilines is 1. The van der Waals surface area contributed by atoms with Gasteiger partial charge in [-0.1, -0.05) is 24.3 Å². The van der Waals surface area contributed by atoms with Gasteiger partial charge in [-0.25, -0.2) is 14.7 Å². The highest BCUT2D eigenvalue weighted by Crippen LogP contribution is 2.18. The van der Waals surface area contributed by atoms with Crippen molar-refractivity contribution in [1.29, 1.82) is 0 Å². The first-order valence-electron chi connectivity index (χ1n) is 10.2. The molecule has 1 unspecified atom stereocenters. The quantitative estimate of drug-likeness (QED) is 0.473. The molecule has 2 aliphatic rings. The summed E-state index contributed by atoms with van der Waals surface area (Å²) in [4.78, 5) is 11.6.